The van der Waals surface area contributed by atoms with Crippen LogP contribution < -0.4 is 5.73 Å². The molecule has 3 heteroatoms. The second-order valence-corrected chi connectivity index (χ2v) is 3.00. The van der Waals surface area contributed by atoms with Crippen LogP contribution in [0.1, 0.15) is 16.7 Å². The van der Waals surface area contributed by atoms with Gasteiger partial charge in [-0.1, -0.05) is 28.1 Å². The first-order valence-corrected chi connectivity index (χ1v) is 4.72. The summed E-state index contributed by atoms with van der Waals surface area (Å²) in [7, 11) is 0. The van der Waals surface area contributed by atoms with E-state index in [0.29, 0.717) is 17.4 Å². The van der Waals surface area contributed by atoms with Crippen molar-refractivity contribution in [3.05, 3.63) is 34.9 Å². The molecular weight excluding hydrogens is 216 g/mol. The minimum atomic E-state index is 0.520. The van der Waals surface area contributed by atoms with Crippen molar-refractivity contribution in [2.24, 2.45) is 5.73 Å². The third-order valence-corrected chi connectivity index (χ3v) is 2.27. The molecule has 12 heavy (non-hydrogen) atoms. The average Bonchev–Trinajstić information content (AvgIpc) is 2.16. The zero-order chi connectivity index (χ0) is 8.97. The highest BCUT2D eigenvalue weighted by Gasteiger charge is 2.00. The molecule has 0 radical (unpaired) electrons. The maximum Gasteiger partial charge on any atom is 0.0994 e. The van der Waals surface area contributed by atoms with E-state index in [1.165, 1.54) is 0 Å². The number of alkyl halides is 1. The molecule has 0 fully saturated rings. The minimum absolute atomic E-state index is 0.520. The summed E-state index contributed by atoms with van der Waals surface area (Å²) in [5, 5.41) is 9.41. The zero-order valence-corrected chi connectivity index (χ0v) is 8.13. The van der Waals surface area contributed by atoms with Gasteiger partial charge in [0, 0.05) is 11.9 Å². The SMILES string of the molecule is N#Cc1ccc(CN)cc1CBr. The van der Waals surface area contributed by atoms with E-state index >= 15 is 0 Å². The van der Waals surface area contributed by atoms with E-state index in [4.69, 9.17) is 11.0 Å². The van der Waals surface area contributed by atoms with E-state index in [2.05, 4.69) is 22.0 Å². The Hall–Kier alpha value is -0.850. The van der Waals surface area contributed by atoms with Crippen LogP contribution in [0.25, 0.3) is 0 Å². The number of nitrogens with two attached hydrogens (primary N) is 1. The molecule has 0 aromatic heterocycles. The van der Waals surface area contributed by atoms with Gasteiger partial charge in [-0.05, 0) is 17.2 Å². The molecule has 0 amide bonds. The van der Waals surface area contributed by atoms with Crippen molar-refractivity contribution in [2.75, 3.05) is 0 Å². The van der Waals surface area contributed by atoms with Gasteiger partial charge in [-0.2, -0.15) is 5.26 Å². The Morgan fingerprint density at radius 3 is 2.75 bits per heavy atom. The molecule has 2 N–H and O–H groups in total. The fraction of sp³-hybridized carbons (Fsp3) is 0.222. The highest BCUT2D eigenvalue weighted by atomic mass is 79.9. The van der Waals surface area contributed by atoms with Crippen molar-refractivity contribution < 1.29 is 0 Å². The lowest BCUT2D eigenvalue weighted by molar-refractivity contribution is 1.06. The van der Waals surface area contributed by atoms with Crippen LogP contribution in [0.5, 0.6) is 0 Å². The van der Waals surface area contributed by atoms with Crippen LogP contribution in [0.3, 0.4) is 0 Å². The fourth-order valence-electron chi connectivity index (χ4n) is 0.994. The Bertz CT molecular complexity index is 315. The molecule has 0 spiro atoms. The Morgan fingerprint density at radius 2 is 2.25 bits per heavy atom. The van der Waals surface area contributed by atoms with E-state index in [1.54, 1.807) is 6.07 Å². The number of hydrogen-bond acceptors (Lipinski definition) is 2. The molecule has 1 aromatic rings. The van der Waals surface area contributed by atoms with E-state index in [-0.39, 0.29) is 0 Å². The highest BCUT2D eigenvalue weighted by Crippen LogP contribution is 2.13. The molecule has 0 atom stereocenters. The monoisotopic (exact) mass is 224 g/mol. The molecule has 0 bridgehead atoms. The van der Waals surface area contributed by atoms with Gasteiger partial charge in [0.2, 0.25) is 0 Å². The smallest absolute Gasteiger partial charge is 0.0994 e. The molecule has 0 aliphatic heterocycles. The van der Waals surface area contributed by atoms with Crippen LogP contribution in [0.4, 0.5) is 0 Å². The van der Waals surface area contributed by atoms with Crippen LogP contribution in [0.15, 0.2) is 18.2 Å². The summed E-state index contributed by atoms with van der Waals surface area (Å²) in [5.74, 6) is 0. The van der Waals surface area contributed by atoms with Gasteiger partial charge >= 0.3 is 0 Å². The van der Waals surface area contributed by atoms with Gasteiger partial charge in [0.15, 0.2) is 0 Å². The van der Waals surface area contributed by atoms with Crippen molar-refractivity contribution in [1.29, 1.82) is 5.26 Å². The molecule has 0 unspecified atom stereocenters. The molecule has 0 aliphatic carbocycles. The first kappa shape index (κ1) is 9.24. The Balaban J connectivity index is 3.13. The molecular formula is C9H9BrN2. The average molecular weight is 225 g/mol. The summed E-state index contributed by atoms with van der Waals surface area (Å²) in [6.07, 6.45) is 0. The molecule has 0 heterocycles. The summed E-state index contributed by atoms with van der Waals surface area (Å²) >= 11 is 3.32. The van der Waals surface area contributed by atoms with Crippen molar-refractivity contribution >= 4 is 15.9 Å². The van der Waals surface area contributed by atoms with Crippen molar-refractivity contribution in [3.8, 4) is 6.07 Å². The van der Waals surface area contributed by atoms with Crippen molar-refractivity contribution in [3.63, 3.8) is 0 Å². The molecule has 0 saturated carbocycles. The number of benzene rings is 1. The number of hydrogen-bond donors (Lipinski definition) is 1. The Kier molecular flexibility index (Phi) is 3.27. The van der Waals surface area contributed by atoms with Gasteiger partial charge < -0.3 is 5.73 Å². The first-order chi connectivity index (χ1) is 5.81. The highest BCUT2D eigenvalue weighted by molar-refractivity contribution is 9.08. The Morgan fingerprint density at radius 1 is 1.50 bits per heavy atom. The van der Waals surface area contributed by atoms with Gasteiger partial charge in [-0.15, -0.1) is 0 Å². The molecule has 2 nitrogen and oxygen atoms in total. The van der Waals surface area contributed by atoms with E-state index < -0.39 is 0 Å². The summed E-state index contributed by atoms with van der Waals surface area (Å²) in [5.41, 5.74) is 8.24. The van der Waals surface area contributed by atoms with Crippen LogP contribution in [-0.2, 0) is 11.9 Å². The Labute approximate surface area is 80.1 Å². The van der Waals surface area contributed by atoms with E-state index in [1.807, 2.05) is 12.1 Å². The summed E-state index contributed by atoms with van der Waals surface area (Å²) in [4.78, 5) is 0. The second kappa shape index (κ2) is 4.24. The second-order valence-electron chi connectivity index (χ2n) is 2.44. The maximum atomic E-state index is 8.71. The first-order valence-electron chi connectivity index (χ1n) is 3.59. The van der Waals surface area contributed by atoms with E-state index in [9.17, 15) is 0 Å². The van der Waals surface area contributed by atoms with Gasteiger partial charge in [-0.25, -0.2) is 0 Å². The van der Waals surface area contributed by atoms with Crippen molar-refractivity contribution in [2.45, 2.75) is 11.9 Å². The third kappa shape index (κ3) is 1.84. The normalized spacial score (nSPS) is 9.42. The lowest BCUT2D eigenvalue weighted by Gasteiger charge is -2.01. The van der Waals surface area contributed by atoms with Gasteiger partial charge in [-0.3, -0.25) is 0 Å². The summed E-state index contributed by atoms with van der Waals surface area (Å²) < 4.78 is 0. The number of rotatable bonds is 2. The van der Waals surface area contributed by atoms with E-state index in [0.717, 1.165) is 11.1 Å². The van der Waals surface area contributed by atoms with Crippen LogP contribution in [0.2, 0.25) is 0 Å². The predicted octanol–water partition coefficient (Wildman–Crippen LogP) is 1.91. The third-order valence-electron chi connectivity index (χ3n) is 1.67. The summed E-state index contributed by atoms with van der Waals surface area (Å²) in [6.45, 7) is 0.520. The lowest BCUT2D eigenvalue weighted by atomic mass is 10.1. The van der Waals surface area contributed by atoms with Crippen LogP contribution in [0, 0.1) is 11.3 Å². The molecule has 62 valence electrons. The standard InChI is InChI=1S/C9H9BrN2/c10-4-9-3-7(5-11)1-2-8(9)6-12/h1-3H,4-5,11H2. The predicted molar refractivity (Wildman–Crippen MR) is 51.7 cm³/mol. The largest absolute Gasteiger partial charge is 0.326 e. The topological polar surface area (TPSA) is 49.8 Å². The number of halogens is 1. The summed E-state index contributed by atoms with van der Waals surface area (Å²) in [6, 6.07) is 7.76. The quantitative estimate of drug-likeness (QED) is 0.781. The van der Waals surface area contributed by atoms with Gasteiger partial charge in [0.1, 0.15) is 0 Å². The molecule has 1 aromatic carbocycles. The lowest BCUT2D eigenvalue weighted by Crippen LogP contribution is -1.97. The zero-order valence-electron chi connectivity index (χ0n) is 6.55. The van der Waals surface area contributed by atoms with Crippen LogP contribution in [-0.4, -0.2) is 0 Å². The van der Waals surface area contributed by atoms with Crippen LogP contribution >= 0.6 is 15.9 Å². The van der Waals surface area contributed by atoms with Crippen molar-refractivity contribution in [1.82, 2.24) is 0 Å². The number of nitrogens with zero attached hydrogens (tertiary/aromatic N) is 1. The molecule has 0 saturated heterocycles. The molecule has 1 rings (SSSR count). The van der Waals surface area contributed by atoms with Gasteiger partial charge in [0.25, 0.3) is 0 Å². The minimum Gasteiger partial charge on any atom is -0.326 e. The fourth-order valence-corrected chi connectivity index (χ4v) is 1.46. The molecule has 0 aliphatic rings. The number of nitriles is 1. The van der Waals surface area contributed by atoms with Gasteiger partial charge in [0.05, 0.1) is 11.6 Å². The maximum absolute atomic E-state index is 8.71.